The minimum atomic E-state index is -4.44. The topological polar surface area (TPSA) is 66.9 Å². The van der Waals surface area contributed by atoms with Gasteiger partial charge in [0.25, 0.3) is 5.91 Å². The first-order chi connectivity index (χ1) is 24.1. The SMILES string of the molecule is COC(=O)[C@H](Cc1ccc(-c2ccccc2)cc1)N(C[C@@H]1CCCN1C(=O)C1CCCC1)C(=O)c1ccc(-c2ccc(C(F)(F)F)cc2)cc1. The van der Waals surface area contributed by atoms with Gasteiger partial charge in [-0.1, -0.05) is 91.7 Å². The molecular weight excluding hydrogens is 641 g/mol. The van der Waals surface area contributed by atoms with Gasteiger partial charge in [0.1, 0.15) is 6.04 Å². The van der Waals surface area contributed by atoms with E-state index in [9.17, 15) is 27.6 Å². The molecule has 0 N–H and O–H groups in total. The molecule has 1 saturated carbocycles. The number of alkyl halides is 3. The molecule has 260 valence electrons. The Labute approximate surface area is 290 Å². The summed E-state index contributed by atoms with van der Waals surface area (Å²) in [6, 6.07) is 28.1. The first-order valence-corrected chi connectivity index (χ1v) is 17.2. The van der Waals surface area contributed by atoms with Crippen LogP contribution in [0.1, 0.15) is 60.0 Å². The van der Waals surface area contributed by atoms with Crippen molar-refractivity contribution in [2.24, 2.45) is 5.92 Å². The second-order valence-corrected chi connectivity index (χ2v) is 13.2. The average molecular weight is 683 g/mol. The van der Waals surface area contributed by atoms with Crippen molar-refractivity contribution in [3.05, 3.63) is 120 Å². The van der Waals surface area contributed by atoms with Gasteiger partial charge >= 0.3 is 12.1 Å². The quantitative estimate of drug-likeness (QED) is 0.158. The highest BCUT2D eigenvalue weighted by molar-refractivity contribution is 5.97. The van der Waals surface area contributed by atoms with Gasteiger partial charge < -0.3 is 14.5 Å². The van der Waals surface area contributed by atoms with Crippen LogP contribution in [0.3, 0.4) is 0 Å². The van der Waals surface area contributed by atoms with Crippen LogP contribution in [0, 0.1) is 5.92 Å². The maximum atomic E-state index is 14.4. The summed E-state index contributed by atoms with van der Waals surface area (Å²) in [5.74, 6) is -0.819. The second-order valence-electron chi connectivity index (χ2n) is 13.2. The smallest absolute Gasteiger partial charge is 0.416 e. The molecule has 1 aliphatic heterocycles. The highest BCUT2D eigenvalue weighted by atomic mass is 19.4. The van der Waals surface area contributed by atoms with Crippen LogP contribution in [0.15, 0.2) is 103 Å². The number of esters is 1. The average Bonchev–Trinajstić information content (AvgIpc) is 3.86. The molecule has 6 rings (SSSR count). The van der Waals surface area contributed by atoms with Crippen LogP contribution in [0.4, 0.5) is 13.2 Å². The monoisotopic (exact) mass is 682 g/mol. The molecule has 2 aliphatic rings. The number of nitrogens with zero attached hydrogens (tertiary/aromatic N) is 2. The molecule has 2 atom stereocenters. The Morgan fingerprint density at radius 1 is 0.760 bits per heavy atom. The number of methoxy groups -OCH3 is 1. The summed E-state index contributed by atoms with van der Waals surface area (Å²) in [6.07, 6.45) is 1.13. The van der Waals surface area contributed by atoms with Crippen LogP contribution in [0.25, 0.3) is 22.3 Å². The van der Waals surface area contributed by atoms with Crippen molar-refractivity contribution < 1.29 is 32.3 Å². The van der Waals surface area contributed by atoms with Gasteiger partial charge in [0.05, 0.1) is 12.7 Å². The Balaban J connectivity index is 1.29. The molecular formula is C41H41F3N2O4. The number of likely N-dealkylation sites (tertiary alicyclic amines) is 1. The van der Waals surface area contributed by atoms with Crippen molar-refractivity contribution in [1.82, 2.24) is 9.80 Å². The first-order valence-electron chi connectivity index (χ1n) is 17.2. The van der Waals surface area contributed by atoms with E-state index >= 15 is 0 Å². The number of hydrogen-bond donors (Lipinski definition) is 0. The molecule has 2 amide bonds. The van der Waals surface area contributed by atoms with E-state index < -0.39 is 23.8 Å². The van der Waals surface area contributed by atoms with Crippen molar-refractivity contribution in [3.63, 3.8) is 0 Å². The van der Waals surface area contributed by atoms with Crippen LogP contribution in [-0.2, 0) is 26.9 Å². The maximum Gasteiger partial charge on any atom is 0.416 e. The third-order valence-electron chi connectivity index (χ3n) is 10.0. The minimum absolute atomic E-state index is 0.00275. The highest BCUT2D eigenvalue weighted by Crippen LogP contribution is 2.33. The Hall–Kier alpha value is -4.92. The number of halogens is 3. The summed E-state index contributed by atoms with van der Waals surface area (Å²) in [6.45, 7) is 0.785. The summed E-state index contributed by atoms with van der Waals surface area (Å²) < 4.78 is 44.6. The standard InChI is InChI=1S/C41H41F3N2O4/c1-50-40(49)37(26-28-13-15-30(16-14-28)29-8-3-2-4-9-29)46(27-36-12-7-25-45(36)38(47)33-10-5-6-11-33)39(48)34-19-17-31(18-20-34)32-21-23-35(24-22-32)41(42,43)44/h2-4,8-9,13-24,33,36-37H,5-7,10-12,25-27H2,1H3/t36-,37-/m0/s1. The predicted octanol–water partition coefficient (Wildman–Crippen LogP) is 8.45. The zero-order chi connectivity index (χ0) is 35.3. The van der Waals surface area contributed by atoms with E-state index in [4.69, 9.17) is 4.74 Å². The van der Waals surface area contributed by atoms with Crippen molar-refractivity contribution in [3.8, 4) is 22.3 Å². The highest BCUT2D eigenvalue weighted by Gasteiger charge is 2.39. The molecule has 0 unspecified atom stereocenters. The third-order valence-corrected chi connectivity index (χ3v) is 10.0. The molecule has 4 aromatic rings. The molecule has 0 spiro atoms. The van der Waals surface area contributed by atoms with E-state index in [0.717, 1.165) is 67.3 Å². The molecule has 1 saturated heterocycles. The fraction of sp³-hybridized carbons (Fsp3) is 0.341. The number of ether oxygens (including phenoxy) is 1. The number of amides is 2. The Morgan fingerprint density at radius 3 is 1.90 bits per heavy atom. The molecule has 6 nitrogen and oxygen atoms in total. The van der Waals surface area contributed by atoms with Crippen molar-refractivity contribution in [1.29, 1.82) is 0 Å². The number of benzene rings is 4. The summed E-state index contributed by atoms with van der Waals surface area (Å²) in [5.41, 5.74) is 3.74. The Kier molecular flexibility index (Phi) is 10.7. The Bertz CT molecular complexity index is 1770. The predicted molar refractivity (Wildman–Crippen MR) is 186 cm³/mol. The lowest BCUT2D eigenvalue weighted by atomic mass is 9.98. The third kappa shape index (κ3) is 7.93. The van der Waals surface area contributed by atoms with Gasteiger partial charge in [-0.3, -0.25) is 9.59 Å². The lowest BCUT2D eigenvalue weighted by Gasteiger charge is -2.36. The molecule has 2 fully saturated rings. The van der Waals surface area contributed by atoms with Gasteiger partial charge in [-0.15, -0.1) is 0 Å². The molecule has 1 aliphatic carbocycles. The van der Waals surface area contributed by atoms with Crippen LogP contribution in [0.2, 0.25) is 0 Å². The van der Waals surface area contributed by atoms with E-state index in [2.05, 4.69) is 0 Å². The minimum Gasteiger partial charge on any atom is -0.467 e. The summed E-state index contributed by atoms with van der Waals surface area (Å²) in [5, 5.41) is 0. The van der Waals surface area contributed by atoms with Gasteiger partial charge in [-0.25, -0.2) is 4.79 Å². The number of rotatable bonds is 10. The van der Waals surface area contributed by atoms with Gasteiger partial charge in [-0.05, 0) is 77.8 Å². The molecule has 50 heavy (non-hydrogen) atoms. The van der Waals surface area contributed by atoms with Crippen molar-refractivity contribution in [2.75, 3.05) is 20.2 Å². The summed E-state index contributed by atoms with van der Waals surface area (Å²) in [7, 11) is 1.31. The molecule has 0 radical (unpaired) electrons. The zero-order valence-corrected chi connectivity index (χ0v) is 28.1. The molecule has 1 heterocycles. The largest absolute Gasteiger partial charge is 0.467 e. The van der Waals surface area contributed by atoms with Gasteiger partial charge in [-0.2, -0.15) is 13.2 Å². The van der Waals surface area contributed by atoms with Crippen LogP contribution in [-0.4, -0.2) is 59.9 Å². The lowest BCUT2D eigenvalue weighted by molar-refractivity contribution is -0.146. The van der Waals surface area contributed by atoms with Crippen LogP contribution in [0.5, 0.6) is 0 Å². The van der Waals surface area contributed by atoms with E-state index in [-0.39, 0.29) is 36.7 Å². The van der Waals surface area contributed by atoms with E-state index in [1.165, 1.54) is 19.2 Å². The second kappa shape index (κ2) is 15.3. The summed E-state index contributed by atoms with van der Waals surface area (Å²) in [4.78, 5) is 45.0. The number of carbonyl (C=O) groups is 3. The van der Waals surface area contributed by atoms with Crippen molar-refractivity contribution in [2.45, 2.75) is 63.2 Å². The van der Waals surface area contributed by atoms with Crippen LogP contribution >= 0.6 is 0 Å². The first kappa shape index (κ1) is 34.9. The molecule has 4 aromatic carbocycles. The van der Waals surface area contributed by atoms with E-state index in [0.29, 0.717) is 23.2 Å². The fourth-order valence-electron chi connectivity index (χ4n) is 7.27. The summed E-state index contributed by atoms with van der Waals surface area (Å²) >= 11 is 0. The van der Waals surface area contributed by atoms with E-state index in [1.807, 2.05) is 59.5 Å². The van der Waals surface area contributed by atoms with E-state index in [1.54, 1.807) is 29.2 Å². The van der Waals surface area contributed by atoms with Crippen molar-refractivity contribution >= 4 is 17.8 Å². The van der Waals surface area contributed by atoms with Gasteiger partial charge in [0.15, 0.2) is 0 Å². The molecule has 0 aromatic heterocycles. The molecule has 0 bridgehead atoms. The number of hydrogen-bond acceptors (Lipinski definition) is 4. The maximum absolute atomic E-state index is 14.4. The normalized spacial score (nSPS) is 17.0. The van der Waals surface area contributed by atoms with Gasteiger partial charge in [0, 0.05) is 37.0 Å². The van der Waals surface area contributed by atoms with Gasteiger partial charge in [0.2, 0.25) is 5.91 Å². The fourth-order valence-corrected chi connectivity index (χ4v) is 7.27. The lowest BCUT2D eigenvalue weighted by Crippen LogP contribution is -2.53. The number of carbonyl (C=O) groups excluding carboxylic acids is 3. The molecule has 9 heteroatoms. The Morgan fingerprint density at radius 2 is 1.32 bits per heavy atom. The van der Waals surface area contributed by atoms with Crippen LogP contribution < -0.4 is 0 Å². The zero-order valence-electron chi connectivity index (χ0n) is 28.1.